The number of halogens is 1. The van der Waals surface area contributed by atoms with Crippen LogP contribution in [0.2, 0.25) is 0 Å². The van der Waals surface area contributed by atoms with Gasteiger partial charge in [-0.25, -0.2) is 0 Å². The fourth-order valence-electron chi connectivity index (χ4n) is 2.45. The molecule has 26 heavy (non-hydrogen) atoms. The molecular formula is C19H19BrN4OS. The summed E-state index contributed by atoms with van der Waals surface area (Å²) >= 11 is 4.83. The second-order valence-electron chi connectivity index (χ2n) is 5.80. The van der Waals surface area contributed by atoms with E-state index >= 15 is 0 Å². The van der Waals surface area contributed by atoms with Crippen LogP contribution in [0.25, 0.3) is 0 Å². The van der Waals surface area contributed by atoms with Gasteiger partial charge in [0.25, 0.3) is 0 Å². The first-order valence-electron chi connectivity index (χ1n) is 8.19. The Morgan fingerprint density at radius 1 is 1.12 bits per heavy atom. The van der Waals surface area contributed by atoms with Gasteiger partial charge in [0.1, 0.15) is 5.82 Å². The van der Waals surface area contributed by atoms with Gasteiger partial charge in [0.05, 0.1) is 12.3 Å². The van der Waals surface area contributed by atoms with Crippen molar-refractivity contribution in [2.24, 2.45) is 0 Å². The van der Waals surface area contributed by atoms with E-state index in [1.807, 2.05) is 54.0 Å². The van der Waals surface area contributed by atoms with Gasteiger partial charge in [-0.15, -0.1) is 10.2 Å². The number of carbonyl (C=O) groups is 1. The lowest BCUT2D eigenvalue weighted by Gasteiger charge is -2.09. The molecule has 0 fully saturated rings. The third-order valence-corrected chi connectivity index (χ3v) is 5.26. The highest BCUT2D eigenvalue weighted by molar-refractivity contribution is 9.10. The lowest BCUT2D eigenvalue weighted by atomic mass is 10.2. The molecule has 0 aliphatic heterocycles. The molecule has 5 nitrogen and oxygen atoms in total. The van der Waals surface area contributed by atoms with Crippen molar-refractivity contribution in [1.29, 1.82) is 0 Å². The number of nitrogens with one attached hydrogen (secondary N) is 1. The van der Waals surface area contributed by atoms with E-state index in [1.54, 1.807) is 0 Å². The topological polar surface area (TPSA) is 59.8 Å². The van der Waals surface area contributed by atoms with Crippen LogP contribution in [0.1, 0.15) is 17.0 Å². The molecule has 1 heterocycles. The maximum Gasteiger partial charge on any atom is 0.230 e. The largest absolute Gasteiger partial charge is 0.351 e. The third kappa shape index (κ3) is 5.19. The summed E-state index contributed by atoms with van der Waals surface area (Å²) < 4.78 is 3.03. The maximum atomic E-state index is 12.1. The molecule has 1 N–H and O–H groups in total. The van der Waals surface area contributed by atoms with Crippen LogP contribution in [-0.4, -0.2) is 26.4 Å². The Kier molecular flexibility index (Phi) is 6.46. The number of aryl methyl sites for hydroxylation is 1. The molecule has 3 rings (SSSR count). The van der Waals surface area contributed by atoms with E-state index in [4.69, 9.17) is 0 Å². The Bertz CT molecular complexity index is 882. The number of thioether (sulfide) groups is 1. The minimum atomic E-state index is -0.0260. The van der Waals surface area contributed by atoms with Gasteiger partial charge < -0.3 is 9.88 Å². The Labute approximate surface area is 165 Å². The van der Waals surface area contributed by atoms with Crippen LogP contribution < -0.4 is 5.32 Å². The van der Waals surface area contributed by atoms with Crippen molar-refractivity contribution in [3.8, 4) is 0 Å². The highest BCUT2D eigenvalue weighted by Crippen LogP contribution is 2.18. The zero-order chi connectivity index (χ0) is 18.4. The number of hydrogen-bond donors (Lipinski definition) is 1. The number of aromatic nitrogens is 3. The molecule has 2 aromatic carbocycles. The number of amides is 1. The molecule has 0 saturated carbocycles. The van der Waals surface area contributed by atoms with Gasteiger partial charge in [-0.05, 0) is 30.2 Å². The smallest absolute Gasteiger partial charge is 0.230 e. The standard InChI is InChI=1S/C19H19BrN4OS/c1-14-22-23-19(24(14)12-15-6-3-2-4-7-15)26-13-18(25)21-11-16-8-5-9-17(20)10-16/h2-10H,11-13H2,1H3,(H,21,25). The number of nitrogens with zero attached hydrogens (tertiary/aromatic N) is 3. The highest BCUT2D eigenvalue weighted by Gasteiger charge is 2.12. The fraction of sp³-hybridized carbons (Fsp3) is 0.211. The summed E-state index contributed by atoms with van der Waals surface area (Å²) in [5, 5.41) is 12.0. The molecule has 3 aromatic rings. The van der Waals surface area contributed by atoms with E-state index in [0.717, 1.165) is 21.0 Å². The number of rotatable bonds is 7. The van der Waals surface area contributed by atoms with Crippen LogP contribution in [0.5, 0.6) is 0 Å². The van der Waals surface area contributed by atoms with E-state index in [2.05, 4.69) is 43.6 Å². The molecular weight excluding hydrogens is 412 g/mol. The van der Waals surface area contributed by atoms with Crippen LogP contribution in [-0.2, 0) is 17.9 Å². The average molecular weight is 431 g/mol. The molecule has 0 unspecified atom stereocenters. The van der Waals surface area contributed by atoms with Crippen LogP contribution >= 0.6 is 27.7 Å². The first-order valence-corrected chi connectivity index (χ1v) is 9.97. The molecule has 0 spiro atoms. The average Bonchev–Trinajstić information content (AvgIpc) is 2.99. The number of benzene rings is 2. The van der Waals surface area contributed by atoms with Gasteiger partial charge in [0.2, 0.25) is 5.91 Å². The quantitative estimate of drug-likeness (QED) is 0.578. The van der Waals surface area contributed by atoms with Crippen molar-refractivity contribution in [1.82, 2.24) is 20.1 Å². The van der Waals surface area contributed by atoms with Crippen LogP contribution in [0.3, 0.4) is 0 Å². The molecule has 0 aliphatic rings. The van der Waals surface area contributed by atoms with Gasteiger partial charge >= 0.3 is 0 Å². The lowest BCUT2D eigenvalue weighted by Crippen LogP contribution is -2.24. The predicted molar refractivity (Wildman–Crippen MR) is 107 cm³/mol. The summed E-state index contributed by atoms with van der Waals surface area (Å²) in [6.07, 6.45) is 0. The highest BCUT2D eigenvalue weighted by atomic mass is 79.9. The van der Waals surface area contributed by atoms with E-state index in [0.29, 0.717) is 18.8 Å². The van der Waals surface area contributed by atoms with E-state index < -0.39 is 0 Å². The molecule has 0 aliphatic carbocycles. The van der Waals surface area contributed by atoms with Crippen molar-refractivity contribution in [3.63, 3.8) is 0 Å². The van der Waals surface area contributed by atoms with Gasteiger partial charge in [-0.1, -0.05) is 70.2 Å². The van der Waals surface area contributed by atoms with Crippen molar-refractivity contribution >= 4 is 33.6 Å². The Morgan fingerprint density at radius 2 is 1.88 bits per heavy atom. The van der Waals surface area contributed by atoms with Crippen molar-refractivity contribution in [3.05, 3.63) is 76.0 Å². The van der Waals surface area contributed by atoms with E-state index in [1.165, 1.54) is 17.3 Å². The van der Waals surface area contributed by atoms with Crippen LogP contribution in [0, 0.1) is 6.92 Å². The Hall–Kier alpha value is -2.12. The van der Waals surface area contributed by atoms with Crippen molar-refractivity contribution < 1.29 is 4.79 Å². The monoisotopic (exact) mass is 430 g/mol. The van der Waals surface area contributed by atoms with Gasteiger partial charge in [-0.2, -0.15) is 0 Å². The molecule has 0 atom stereocenters. The second-order valence-corrected chi connectivity index (χ2v) is 7.66. The summed E-state index contributed by atoms with van der Waals surface area (Å²) in [5.41, 5.74) is 2.23. The molecule has 0 bridgehead atoms. The van der Waals surface area contributed by atoms with Crippen LogP contribution in [0.4, 0.5) is 0 Å². The molecule has 0 saturated heterocycles. The first kappa shape index (κ1) is 18.7. The maximum absolute atomic E-state index is 12.1. The zero-order valence-corrected chi connectivity index (χ0v) is 16.8. The zero-order valence-electron chi connectivity index (χ0n) is 14.4. The van der Waals surface area contributed by atoms with E-state index in [-0.39, 0.29) is 5.91 Å². The van der Waals surface area contributed by atoms with Gasteiger partial charge in [-0.3, -0.25) is 4.79 Å². The fourth-order valence-corrected chi connectivity index (χ4v) is 3.71. The van der Waals surface area contributed by atoms with E-state index in [9.17, 15) is 4.79 Å². The Morgan fingerprint density at radius 3 is 2.65 bits per heavy atom. The summed E-state index contributed by atoms with van der Waals surface area (Å²) in [7, 11) is 0. The number of carbonyl (C=O) groups excluding carboxylic acids is 1. The summed E-state index contributed by atoms with van der Waals surface area (Å²) in [6, 6.07) is 18.0. The van der Waals surface area contributed by atoms with Gasteiger partial charge in [0.15, 0.2) is 5.16 Å². The second kappa shape index (κ2) is 9.00. The summed E-state index contributed by atoms with van der Waals surface area (Å²) in [6.45, 7) is 3.13. The molecule has 1 amide bonds. The van der Waals surface area contributed by atoms with Crippen molar-refractivity contribution in [2.45, 2.75) is 25.2 Å². The number of hydrogen-bond acceptors (Lipinski definition) is 4. The van der Waals surface area contributed by atoms with Crippen molar-refractivity contribution in [2.75, 3.05) is 5.75 Å². The molecule has 7 heteroatoms. The first-order chi connectivity index (χ1) is 12.6. The SMILES string of the molecule is Cc1nnc(SCC(=O)NCc2cccc(Br)c2)n1Cc1ccccc1. The minimum absolute atomic E-state index is 0.0260. The minimum Gasteiger partial charge on any atom is -0.351 e. The van der Waals surface area contributed by atoms with Crippen LogP contribution in [0.15, 0.2) is 64.2 Å². The predicted octanol–water partition coefficient (Wildman–Crippen LogP) is 3.81. The summed E-state index contributed by atoms with van der Waals surface area (Å²) in [5.74, 6) is 1.12. The molecule has 0 radical (unpaired) electrons. The third-order valence-electron chi connectivity index (χ3n) is 3.80. The molecule has 1 aromatic heterocycles. The lowest BCUT2D eigenvalue weighted by molar-refractivity contribution is -0.118. The van der Waals surface area contributed by atoms with Gasteiger partial charge in [0, 0.05) is 11.0 Å². The molecule has 134 valence electrons. The summed E-state index contributed by atoms with van der Waals surface area (Å²) in [4.78, 5) is 12.1. The normalized spacial score (nSPS) is 10.7. The Balaban J connectivity index is 1.55.